The largest absolute Gasteiger partial charge is 0.706 e. The van der Waals surface area contributed by atoms with Crippen molar-refractivity contribution in [2.24, 2.45) is 5.11 Å². The molecule has 1 aromatic carbocycles. The van der Waals surface area contributed by atoms with Crippen LogP contribution in [0.3, 0.4) is 0 Å². The zero-order chi connectivity index (χ0) is 6.69. The highest BCUT2D eigenvalue weighted by Crippen LogP contribution is 2.16. The van der Waals surface area contributed by atoms with Crippen LogP contribution in [0.4, 0.5) is 5.69 Å². The number of rotatable bonds is 1. The van der Waals surface area contributed by atoms with Crippen LogP contribution in [0.2, 0.25) is 5.02 Å². The molecule has 0 unspecified atom stereocenters. The number of nitrogens with zero attached hydrogens (tertiary/aromatic N) is 2. The molecule has 0 fully saturated rings. The van der Waals surface area contributed by atoms with Gasteiger partial charge in [0, 0.05) is 10.7 Å². The average Bonchev–Trinajstić information content (AvgIpc) is 1.88. The second kappa shape index (κ2) is 2.60. The third-order valence-corrected chi connectivity index (χ3v) is 1.16. The molecule has 0 N–H and O–H groups in total. The molecular formula is C6H4ClN2-. The molecule has 0 aliphatic heterocycles. The third-order valence-electron chi connectivity index (χ3n) is 0.924. The average molecular weight is 140 g/mol. The van der Waals surface area contributed by atoms with Crippen LogP contribution in [0.25, 0.3) is 5.53 Å². The molecule has 0 aromatic heterocycles. The van der Waals surface area contributed by atoms with Gasteiger partial charge in [-0.05, 0) is 18.2 Å². The molecule has 1 rings (SSSR count). The van der Waals surface area contributed by atoms with E-state index in [2.05, 4.69) is 5.11 Å². The molecule has 0 atom stereocenters. The molecule has 1 aromatic rings. The van der Waals surface area contributed by atoms with Gasteiger partial charge in [-0.2, -0.15) is 0 Å². The molecule has 0 saturated carbocycles. The maximum atomic E-state index is 8.23. The van der Waals surface area contributed by atoms with E-state index in [0.29, 0.717) is 10.7 Å². The summed E-state index contributed by atoms with van der Waals surface area (Å²) in [5.74, 6) is 0. The van der Waals surface area contributed by atoms with Gasteiger partial charge in [0.2, 0.25) is 0 Å². The number of hydrogen-bond acceptors (Lipinski definition) is 1. The smallest absolute Gasteiger partial charge is 0.0426 e. The fraction of sp³-hybridized carbons (Fsp3) is 0. The predicted molar refractivity (Wildman–Crippen MR) is 36.9 cm³/mol. The second-order valence-electron chi connectivity index (χ2n) is 1.58. The molecule has 0 saturated heterocycles. The Kier molecular flexibility index (Phi) is 1.80. The first-order valence-corrected chi connectivity index (χ1v) is 2.81. The van der Waals surface area contributed by atoms with Crippen molar-refractivity contribution in [1.29, 1.82) is 0 Å². The Bertz CT molecular complexity index is 222. The SMILES string of the molecule is [N-]=Nc1cccc(Cl)c1. The summed E-state index contributed by atoms with van der Waals surface area (Å²) in [6.45, 7) is 0. The molecule has 0 spiro atoms. The van der Waals surface area contributed by atoms with Crippen molar-refractivity contribution in [3.8, 4) is 0 Å². The van der Waals surface area contributed by atoms with Crippen LogP contribution < -0.4 is 0 Å². The van der Waals surface area contributed by atoms with Crippen molar-refractivity contribution in [2.45, 2.75) is 0 Å². The van der Waals surface area contributed by atoms with Crippen LogP contribution in [0.15, 0.2) is 29.4 Å². The molecular weight excluding hydrogens is 136 g/mol. The molecule has 0 aliphatic carbocycles. The first-order valence-electron chi connectivity index (χ1n) is 2.43. The minimum absolute atomic E-state index is 0.475. The number of benzene rings is 1. The molecule has 0 bridgehead atoms. The van der Waals surface area contributed by atoms with Crippen LogP contribution in [0, 0.1) is 0 Å². The number of halogens is 1. The summed E-state index contributed by atoms with van der Waals surface area (Å²) in [6.07, 6.45) is 0. The summed E-state index contributed by atoms with van der Waals surface area (Å²) >= 11 is 5.55. The van der Waals surface area contributed by atoms with Crippen molar-refractivity contribution in [1.82, 2.24) is 0 Å². The number of hydrogen-bond donors (Lipinski definition) is 0. The van der Waals surface area contributed by atoms with E-state index in [4.69, 9.17) is 17.1 Å². The van der Waals surface area contributed by atoms with E-state index in [9.17, 15) is 0 Å². The monoisotopic (exact) mass is 139 g/mol. The van der Waals surface area contributed by atoms with Crippen molar-refractivity contribution >= 4 is 17.3 Å². The van der Waals surface area contributed by atoms with Gasteiger partial charge < -0.3 is 10.6 Å². The van der Waals surface area contributed by atoms with Crippen LogP contribution in [-0.4, -0.2) is 0 Å². The highest BCUT2D eigenvalue weighted by atomic mass is 35.5. The molecule has 0 amide bonds. The Morgan fingerprint density at radius 1 is 1.44 bits per heavy atom. The zero-order valence-corrected chi connectivity index (χ0v) is 5.34. The summed E-state index contributed by atoms with van der Waals surface area (Å²) in [5, 5.41) is 3.52. The summed E-state index contributed by atoms with van der Waals surface area (Å²) in [6, 6.07) is 6.67. The zero-order valence-electron chi connectivity index (χ0n) is 4.58. The van der Waals surface area contributed by atoms with Gasteiger partial charge in [-0.15, -0.1) is 0 Å². The fourth-order valence-corrected chi connectivity index (χ4v) is 0.723. The standard InChI is InChI=1S/C6H4ClN2/c7-5-2-1-3-6(4-5)9-8/h1-4H/q-1. The Hall–Kier alpha value is -0.890. The van der Waals surface area contributed by atoms with Crippen LogP contribution in [-0.2, 0) is 0 Å². The second-order valence-corrected chi connectivity index (χ2v) is 2.02. The van der Waals surface area contributed by atoms with E-state index in [1.807, 2.05) is 0 Å². The van der Waals surface area contributed by atoms with Gasteiger partial charge in [0.15, 0.2) is 0 Å². The Morgan fingerprint density at radius 3 is 2.67 bits per heavy atom. The van der Waals surface area contributed by atoms with Gasteiger partial charge in [0.1, 0.15) is 0 Å². The predicted octanol–water partition coefficient (Wildman–Crippen LogP) is 2.99. The fourth-order valence-electron chi connectivity index (χ4n) is 0.538. The van der Waals surface area contributed by atoms with Gasteiger partial charge in [-0.1, -0.05) is 17.7 Å². The highest BCUT2D eigenvalue weighted by Gasteiger charge is 1.84. The van der Waals surface area contributed by atoms with Crippen molar-refractivity contribution in [3.05, 3.63) is 34.8 Å². The Morgan fingerprint density at radius 2 is 2.22 bits per heavy atom. The molecule has 46 valence electrons. The van der Waals surface area contributed by atoms with E-state index < -0.39 is 0 Å². The van der Waals surface area contributed by atoms with E-state index in [0.717, 1.165) is 0 Å². The topological polar surface area (TPSA) is 34.7 Å². The maximum absolute atomic E-state index is 8.23. The van der Waals surface area contributed by atoms with E-state index >= 15 is 0 Å². The van der Waals surface area contributed by atoms with Gasteiger partial charge in [0.05, 0.1) is 0 Å². The van der Waals surface area contributed by atoms with Crippen LogP contribution in [0.1, 0.15) is 0 Å². The van der Waals surface area contributed by atoms with Crippen LogP contribution >= 0.6 is 11.6 Å². The first-order chi connectivity index (χ1) is 4.33. The minimum atomic E-state index is 0.475. The van der Waals surface area contributed by atoms with Crippen molar-refractivity contribution in [2.75, 3.05) is 0 Å². The highest BCUT2D eigenvalue weighted by molar-refractivity contribution is 6.30. The molecule has 0 aliphatic rings. The quantitative estimate of drug-likeness (QED) is 0.536. The molecule has 9 heavy (non-hydrogen) atoms. The van der Waals surface area contributed by atoms with E-state index in [1.54, 1.807) is 24.3 Å². The maximum Gasteiger partial charge on any atom is 0.0426 e. The lowest BCUT2D eigenvalue weighted by Gasteiger charge is -1.94. The minimum Gasteiger partial charge on any atom is -0.706 e. The normalized spacial score (nSPS) is 9.00. The lowest BCUT2D eigenvalue weighted by molar-refractivity contribution is 1.50. The van der Waals surface area contributed by atoms with Gasteiger partial charge in [0.25, 0.3) is 0 Å². The summed E-state index contributed by atoms with van der Waals surface area (Å²) in [4.78, 5) is 0. The van der Waals surface area contributed by atoms with Crippen LogP contribution in [0.5, 0.6) is 0 Å². The molecule has 0 radical (unpaired) electrons. The van der Waals surface area contributed by atoms with Gasteiger partial charge >= 0.3 is 0 Å². The van der Waals surface area contributed by atoms with Gasteiger partial charge in [-0.25, -0.2) is 0 Å². The first kappa shape index (κ1) is 6.23. The van der Waals surface area contributed by atoms with E-state index in [-0.39, 0.29) is 0 Å². The molecule has 0 heterocycles. The van der Waals surface area contributed by atoms with Crippen molar-refractivity contribution in [3.63, 3.8) is 0 Å². The third kappa shape index (κ3) is 1.50. The Labute approximate surface area is 58.0 Å². The summed E-state index contributed by atoms with van der Waals surface area (Å²) in [5.41, 5.74) is 8.70. The summed E-state index contributed by atoms with van der Waals surface area (Å²) in [7, 11) is 0. The molecule has 2 nitrogen and oxygen atoms in total. The lowest BCUT2D eigenvalue weighted by atomic mass is 10.3. The molecule has 3 heteroatoms. The van der Waals surface area contributed by atoms with Crippen molar-refractivity contribution < 1.29 is 0 Å². The summed E-state index contributed by atoms with van der Waals surface area (Å²) < 4.78 is 0. The Balaban J connectivity index is 3.07. The lowest BCUT2D eigenvalue weighted by Crippen LogP contribution is -1.61. The van der Waals surface area contributed by atoms with Gasteiger partial charge in [-0.3, -0.25) is 0 Å². The van der Waals surface area contributed by atoms with E-state index in [1.165, 1.54) is 0 Å².